The SMILES string of the molecule is BrC(Br)C(Br)Br.BrC1CCCCC1Br.BrCC(Br)CBr.BrCCBr.CC(Br)Br.CCBr.CCCCCCCCCCCCBr.CCCCCCCCCCCCI.CCCCCCCCF.CCI.FC(F)(F)C(Br)Br.FC(F)C(F)F.FC1CCC(Br)CC1. The van der Waals surface area contributed by atoms with E-state index >= 15 is 0 Å². The molecule has 0 spiro atoms. The van der Waals surface area contributed by atoms with Crippen molar-refractivity contribution in [3.8, 4) is 0 Å². The lowest BCUT2D eigenvalue weighted by Crippen LogP contribution is -2.17. The molecule has 2 aliphatic rings. The van der Waals surface area contributed by atoms with Crippen LogP contribution >= 0.6 is 332 Å². The van der Waals surface area contributed by atoms with Crippen molar-refractivity contribution in [2.24, 2.45) is 0 Å². The number of alkyl halides is 29. The molecule has 0 radical (unpaired) electrons. The van der Waals surface area contributed by atoms with E-state index in [0.717, 1.165) is 74.8 Å². The van der Waals surface area contributed by atoms with Gasteiger partial charge >= 0.3 is 6.18 Å². The summed E-state index contributed by atoms with van der Waals surface area (Å²) in [5.74, 6) is 0. The third kappa shape index (κ3) is 159. The first-order valence-corrected chi connectivity index (χ1v) is 52.1. The summed E-state index contributed by atoms with van der Waals surface area (Å²) in [4.78, 5) is 2.64. The van der Waals surface area contributed by atoms with Crippen LogP contribution < -0.4 is 0 Å². The van der Waals surface area contributed by atoms with Crippen LogP contribution in [0.1, 0.15) is 260 Å². The predicted octanol–water partition coefficient (Wildman–Crippen LogP) is 36.4. The molecule has 2 aliphatic carbocycles. The van der Waals surface area contributed by atoms with Gasteiger partial charge in [0.25, 0.3) is 12.9 Å². The minimum Gasteiger partial charge on any atom is -0.251 e. The molecule has 2 saturated carbocycles. The second-order valence-corrected chi connectivity index (χ2v) is 45.2. The number of unbranched alkanes of at least 4 members (excludes halogenated alkanes) is 23. The van der Waals surface area contributed by atoms with Crippen LogP contribution in [0, 0.1) is 0 Å². The number of hydrogen-bond acceptors (Lipinski definition) is 0. The predicted molar refractivity (Wildman–Crippen MR) is 478 cm³/mol. The highest BCUT2D eigenvalue weighted by atomic mass is 127. The van der Waals surface area contributed by atoms with Gasteiger partial charge in [0.1, 0.15) is 6.17 Å². The third-order valence-electron chi connectivity index (χ3n) is 10.7. The maximum atomic E-state index is 12.3. The fourth-order valence-electron chi connectivity index (χ4n) is 6.13. The lowest BCUT2D eigenvalue weighted by Gasteiger charge is -2.21. The molecule has 0 N–H and O–H groups in total. The summed E-state index contributed by atoms with van der Waals surface area (Å²) in [6, 6.07) is 0. The van der Waals surface area contributed by atoms with Crippen LogP contribution in [0.2, 0.25) is 0 Å². The Morgan fingerprint density at radius 3 is 0.822 bits per heavy atom. The van der Waals surface area contributed by atoms with E-state index in [1.807, 2.05) is 13.8 Å². The maximum Gasteiger partial charge on any atom is 0.410 e. The Balaban J connectivity index is -0.0000000853. The second kappa shape index (κ2) is 112. The summed E-state index contributed by atoms with van der Waals surface area (Å²) < 4.78 is 101. The fraction of sp³-hybridized carbons (Fsp3) is 1.00. The van der Waals surface area contributed by atoms with Gasteiger partial charge in [0, 0.05) is 51.3 Å². The molecule has 0 aromatic carbocycles. The lowest BCUT2D eigenvalue weighted by atomic mass is 9.99. The van der Waals surface area contributed by atoms with Crippen LogP contribution in [-0.4, -0.2) is 107 Å². The van der Waals surface area contributed by atoms with E-state index in [-0.39, 0.29) is 6.67 Å². The van der Waals surface area contributed by atoms with Crippen molar-refractivity contribution in [3.05, 3.63) is 0 Å². The Morgan fingerprint density at radius 1 is 0.422 bits per heavy atom. The van der Waals surface area contributed by atoms with Crippen molar-refractivity contribution >= 4 is 332 Å². The van der Waals surface area contributed by atoms with Crippen molar-refractivity contribution < 1.29 is 39.5 Å². The summed E-state index contributed by atoms with van der Waals surface area (Å²) in [6.07, 6.45) is 33.2. The monoisotopic (exact) mass is 2690 g/mol. The van der Waals surface area contributed by atoms with Gasteiger partial charge in [-0.25, -0.2) is 22.0 Å². The molecule has 562 valence electrons. The van der Waals surface area contributed by atoms with Crippen molar-refractivity contribution in [2.45, 2.75) is 319 Å². The summed E-state index contributed by atoms with van der Waals surface area (Å²) in [6.45, 7) is 12.8. The van der Waals surface area contributed by atoms with Gasteiger partial charge in [-0.1, -0.05) is 527 Å². The highest BCUT2D eigenvalue weighted by Crippen LogP contribution is 2.31. The molecule has 2 atom stereocenters. The third-order valence-corrected chi connectivity index (χ3v) is 27.6. The van der Waals surface area contributed by atoms with E-state index in [0.29, 0.717) is 20.9 Å². The Kier molecular flexibility index (Phi) is 153. The zero-order valence-corrected chi connectivity index (χ0v) is 87.1. The minimum atomic E-state index is -4.17. The van der Waals surface area contributed by atoms with E-state index < -0.39 is 28.9 Å². The lowest BCUT2D eigenvalue weighted by molar-refractivity contribution is -0.109. The smallest absolute Gasteiger partial charge is 0.251 e. The van der Waals surface area contributed by atoms with Gasteiger partial charge in [-0.05, 0) is 73.6 Å². The molecule has 2 fully saturated rings. The number of hydrogen-bond donors (Lipinski definition) is 0. The molecule has 0 aromatic rings. The Hall–Kier alpha value is 9.47. The molecule has 0 amide bonds. The largest absolute Gasteiger partial charge is 0.410 e. The van der Waals surface area contributed by atoms with Gasteiger partial charge in [-0.2, -0.15) is 13.2 Å². The quantitative estimate of drug-likeness (QED) is 0.0281. The maximum absolute atomic E-state index is 12.3. The van der Waals surface area contributed by atoms with Crippen LogP contribution in [0.15, 0.2) is 0 Å². The minimum absolute atomic E-state index is 0.133. The molecular weight excluding hydrogens is 2600 g/mol. The average Bonchev–Trinajstić information content (AvgIpc) is 3.72. The van der Waals surface area contributed by atoms with Gasteiger partial charge in [0.15, 0.2) is 3.74 Å². The van der Waals surface area contributed by atoms with Gasteiger partial charge in [0.05, 0.1) is 17.9 Å². The molecule has 0 aromatic heterocycles. The van der Waals surface area contributed by atoms with Gasteiger partial charge in [-0.3, -0.25) is 4.39 Å². The van der Waals surface area contributed by atoms with E-state index in [2.05, 4.69) is 360 Å². The van der Waals surface area contributed by atoms with E-state index in [9.17, 15) is 39.5 Å². The van der Waals surface area contributed by atoms with Crippen LogP contribution in [-0.2, 0) is 0 Å². The second-order valence-electron chi connectivity index (χ2n) is 19.4. The van der Waals surface area contributed by atoms with E-state index in [4.69, 9.17) is 0 Å². The molecule has 2 unspecified atom stereocenters. The average molecular weight is 2710 g/mol. The number of halogens is 29. The van der Waals surface area contributed by atoms with E-state index in [1.165, 1.54) is 194 Å². The van der Waals surface area contributed by atoms with Crippen molar-refractivity contribution in [1.82, 2.24) is 0 Å². The van der Waals surface area contributed by atoms with Crippen LogP contribution in [0.3, 0.4) is 0 Å². The molecule has 0 aliphatic heterocycles. The molecular formula is C61H115Br18F9I2. The molecule has 0 bridgehead atoms. The Morgan fingerprint density at radius 2 is 0.667 bits per heavy atom. The Labute approximate surface area is 726 Å². The highest BCUT2D eigenvalue weighted by molar-refractivity contribution is 14.1. The summed E-state index contributed by atoms with van der Waals surface area (Å²) in [5, 5.41) is 6.37. The standard InChI is InChI=1S/C12H25Br.C12H25I.C8H17F.C6H10Br2.C6H10BrF.C3H5Br3.C2H2Br4.C2HBr2F3.2C2H4Br2.C2H5Br.C2H2F4.C2H5I/c2*1-2-3-4-5-6-7-8-9-10-11-12-13;1-2-3-4-5-6-7-8-9;7-5-3-1-2-4-6(5)8;7-5-1-3-6(8)4-2-5;4-1-3(6)2-5;3-1(4)2(5)6;3-1(4)2(5,6)7;1-2(3)4;3-1-2-4;1-2-3;3-1(4)2(5)6;1-2-3/h2*2-12H2,1H3;2-8H2,1H3;2*5-6H,1-4H2;3H,1-2H2;1-2H;1H;2H,1H3;1-2H2;2H2,1H3;1-2H;2H2,1H3. The van der Waals surface area contributed by atoms with Gasteiger partial charge < -0.3 is 0 Å². The first-order chi connectivity index (χ1) is 42.3. The summed E-state index contributed by atoms with van der Waals surface area (Å²) >= 11 is 62.4. The van der Waals surface area contributed by atoms with Crippen molar-refractivity contribution in [1.29, 1.82) is 0 Å². The van der Waals surface area contributed by atoms with Crippen LogP contribution in [0.25, 0.3) is 0 Å². The highest BCUT2D eigenvalue weighted by Gasteiger charge is 2.35. The molecule has 2 rings (SSSR count). The number of rotatable bonds is 31. The van der Waals surface area contributed by atoms with Crippen LogP contribution in [0.5, 0.6) is 0 Å². The zero-order chi connectivity index (χ0) is 72.3. The van der Waals surface area contributed by atoms with Crippen molar-refractivity contribution in [2.75, 3.05) is 47.5 Å². The molecule has 0 saturated heterocycles. The molecule has 29 heteroatoms. The first kappa shape index (κ1) is 123. The van der Waals surface area contributed by atoms with Gasteiger partial charge in [-0.15, -0.1) is 0 Å². The van der Waals surface area contributed by atoms with Gasteiger partial charge in [0.2, 0.25) is 0 Å². The van der Waals surface area contributed by atoms with Crippen LogP contribution in [0.4, 0.5) is 39.5 Å². The topological polar surface area (TPSA) is 0 Å². The van der Waals surface area contributed by atoms with E-state index in [1.54, 1.807) is 0 Å². The zero-order valence-electron chi connectivity index (χ0n) is 54.2. The molecule has 0 nitrogen and oxygen atoms in total. The normalized spacial score (nSPS) is 15.4. The molecule has 90 heavy (non-hydrogen) atoms. The Bertz CT molecular complexity index is 1030. The molecule has 0 heterocycles. The summed E-state index contributed by atoms with van der Waals surface area (Å²) in [7, 11) is 0. The fourth-order valence-corrected chi connectivity index (χ4v) is 9.85. The first-order valence-electron chi connectivity index (χ1n) is 31.3. The van der Waals surface area contributed by atoms with Crippen molar-refractivity contribution in [3.63, 3.8) is 0 Å². The summed E-state index contributed by atoms with van der Waals surface area (Å²) in [5.41, 5.74) is 0.